The third kappa shape index (κ3) is 4.31. The number of hydrogen-bond donors (Lipinski definition) is 1. The molecule has 1 saturated heterocycles. The molecule has 1 aliphatic rings. The van der Waals surface area contributed by atoms with Crippen molar-refractivity contribution in [1.82, 2.24) is 15.2 Å². The summed E-state index contributed by atoms with van der Waals surface area (Å²) in [5.74, 6) is 0.753. The Morgan fingerprint density at radius 2 is 2.37 bits per heavy atom. The predicted molar refractivity (Wildman–Crippen MR) is 76.1 cm³/mol. The van der Waals surface area contributed by atoms with Crippen LogP contribution in [-0.2, 0) is 0 Å². The summed E-state index contributed by atoms with van der Waals surface area (Å²) in [5.41, 5.74) is 1.57. The second kappa shape index (κ2) is 6.66. The highest BCUT2D eigenvalue weighted by molar-refractivity contribution is 5.93. The maximum atomic E-state index is 11.9. The van der Waals surface area contributed by atoms with Crippen molar-refractivity contribution in [3.05, 3.63) is 29.6 Å². The number of pyridine rings is 1. The van der Waals surface area contributed by atoms with Crippen molar-refractivity contribution in [1.29, 1.82) is 0 Å². The molecule has 1 aromatic heterocycles. The molecular weight excluding hydrogens is 238 g/mol. The van der Waals surface area contributed by atoms with Gasteiger partial charge >= 0.3 is 0 Å². The van der Waals surface area contributed by atoms with Crippen molar-refractivity contribution < 1.29 is 4.79 Å². The van der Waals surface area contributed by atoms with E-state index in [1.807, 2.05) is 19.1 Å². The van der Waals surface area contributed by atoms with Gasteiger partial charge in [0.05, 0.1) is 5.56 Å². The van der Waals surface area contributed by atoms with Gasteiger partial charge in [-0.2, -0.15) is 0 Å². The molecular formula is C15H23N3O. The average Bonchev–Trinajstić information content (AvgIpc) is 2.39. The third-order valence-electron chi connectivity index (χ3n) is 3.63. The normalized spacial score (nSPS) is 20.2. The van der Waals surface area contributed by atoms with Crippen LogP contribution < -0.4 is 5.32 Å². The molecule has 104 valence electrons. The molecule has 0 saturated carbocycles. The fourth-order valence-corrected chi connectivity index (χ4v) is 2.52. The zero-order valence-corrected chi connectivity index (χ0v) is 11.9. The summed E-state index contributed by atoms with van der Waals surface area (Å²) < 4.78 is 0. The lowest BCUT2D eigenvalue weighted by atomic mass is 10.0. The minimum Gasteiger partial charge on any atom is -0.351 e. The summed E-state index contributed by atoms with van der Waals surface area (Å²) in [6.07, 6.45) is 4.24. The average molecular weight is 261 g/mol. The minimum atomic E-state index is -0.0300. The third-order valence-corrected chi connectivity index (χ3v) is 3.63. The molecule has 4 heteroatoms. The van der Waals surface area contributed by atoms with Gasteiger partial charge < -0.3 is 10.2 Å². The number of aryl methyl sites for hydroxylation is 1. The summed E-state index contributed by atoms with van der Waals surface area (Å²) in [7, 11) is 0. The maximum absolute atomic E-state index is 11.9. The van der Waals surface area contributed by atoms with Crippen LogP contribution in [0.3, 0.4) is 0 Å². The van der Waals surface area contributed by atoms with E-state index in [1.165, 1.54) is 12.8 Å². The van der Waals surface area contributed by atoms with Crippen LogP contribution in [0.15, 0.2) is 18.3 Å². The number of aromatic nitrogens is 1. The molecule has 2 rings (SSSR count). The van der Waals surface area contributed by atoms with E-state index in [2.05, 4.69) is 22.1 Å². The summed E-state index contributed by atoms with van der Waals surface area (Å²) in [6.45, 7) is 8.17. The molecule has 0 aromatic carbocycles. The number of nitrogens with zero attached hydrogens (tertiary/aromatic N) is 2. The molecule has 1 atom stereocenters. The van der Waals surface area contributed by atoms with Crippen molar-refractivity contribution in [3.63, 3.8) is 0 Å². The Kier molecular flexibility index (Phi) is 4.91. The lowest BCUT2D eigenvalue weighted by Crippen LogP contribution is -2.40. The molecule has 0 radical (unpaired) electrons. The molecule has 0 spiro atoms. The Hall–Kier alpha value is -1.42. The van der Waals surface area contributed by atoms with Gasteiger partial charge in [0.1, 0.15) is 0 Å². The first-order chi connectivity index (χ1) is 9.15. The van der Waals surface area contributed by atoms with Gasteiger partial charge in [-0.15, -0.1) is 0 Å². The molecule has 0 aliphatic carbocycles. The number of hydrogen-bond acceptors (Lipinski definition) is 3. The minimum absolute atomic E-state index is 0.0300. The molecule has 4 nitrogen and oxygen atoms in total. The second-order valence-corrected chi connectivity index (χ2v) is 5.49. The monoisotopic (exact) mass is 261 g/mol. The van der Waals surface area contributed by atoms with Crippen LogP contribution in [0.5, 0.6) is 0 Å². The van der Waals surface area contributed by atoms with E-state index in [4.69, 9.17) is 0 Å². The second-order valence-electron chi connectivity index (χ2n) is 5.49. The highest BCUT2D eigenvalue weighted by Crippen LogP contribution is 2.14. The quantitative estimate of drug-likeness (QED) is 0.899. The van der Waals surface area contributed by atoms with Crippen LogP contribution in [-0.4, -0.2) is 42.0 Å². The van der Waals surface area contributed by atoms with Gasteiger partial charge in [0, 0.05) is 31.5 Å². The number of likely N-dealkylation sites (tertiary alicyclic amines) is 1. The number of carbonyl (C=O) groups is 1. The van der Waals surface area contributed by atoms with E-state index < -0.39 is 0 Å². The molecule has 1 fully saturated rings. The number of nitrogens with one attached hydrogen (secondary N) is 1. The largest absolute Gasteiger partial charge is 0.351 e. The van der Waals surface area contributed by atoms with Crippen molar-refractivity contribution in [2.45, 2.75) is 26.7 Å². The molecule has 1 N–H and O–H groups in total. The van der Waals surface area contributed by atoms with Crippen LogP contribution >= 0.6 is 0 Å². The fourth-order valence-electron chi connectivity index (χ4n) is 2.52. The van der Waals surface area contributed by atoms with Gasteiger partial charge in [0.2, 0.25) is 0 Å². The molecule has 19 heavy (non-hydrogen) atoms. The van der Waals surface area contributed by atoms with Crippen LogP contribution in [0.2, 0.25) is 0 Å². The van der Waals surface area contributed by atoms with E-state index in [1.54, 1.807) is 6.20 Å². The molecule has 2 heterocycles. The van der Waals surface area contributed by atoms with E-state index in [-0.39, 0.29) is 5.91 Å². The molecule has 1 amide bonds. The number of piperidine rings is 1. The lowest BCUT2D eigenvalue weighted by molar-refractivity contribution is 0.0943. The zero-order valence-electron chi connectivity index (χ0n) is 11.9. The Morgan fingerprint density at radius 3 is 3.05 bits per heavy atom. The highest BCUT2D eigenvalue weighted by Gasteiger charge is 2.15. The van der Waals surface area contributed by atoms with Gasteiger partial charge in [-0.05, 0) is 44.4 Å². The number of amides is 1. The molecule has 0 unspecified atom stereocenters. The Labute approximate surface area is 115 Å². The Balaban J connectivity index is 1.73. The summed E-state index contributed by atoms with van der Waals surface area (Å²) in [5, 5.41) is 2.96. The van der Waals surface area contributed by atoms with Gasteiger partial charge in [-0.25, -0.2) is 0 Å². The van der Waals surface area contributed by atoms with Crippen molar-refractivity contribution in [3.8, 4) is 0 Å². The van der Waals surface area contributed by atoms with E-state index >= 15 is 0 Å². The first-order valence-electron chi connectivity index (χ1n) is 7.08. The van der Waals surface area contributed by atoms with Crippen molar-refractivity contribution >= 4 is 5.91 Å². The van der Waals surface area contributed by atoms with Crippen molar-refractivity contribution in [2.75, 3.05) is 26.2 Å². The molecule has 1 aromatic rings. The van der Waals surface area contributed by atoms with Crippen molar-refractivity contribution in [2.24, 2.45) is 5.92 Å². The summed E-state index contributed by atoms with van der Waals surface area (Å²) in [4.78, 5) is 18.5. The lowest BCUT2D eigenvalue weighted by Gasteiger charge is -2.30. The van der Waals surface area contributed by atoms with Gasteiger partial charge in [0.15, 0.2) is 0 Å². The van der Waals surface area contributed by atoms with E-state index in [0.717, 1.165) is 31.2 Å². The van der Waals surface area contributed by atoms with Crippen LogP contribution in [0.4, 0.5) is 0 Å². The van der Waals surface area contributed by atoms with Gasteiger partial charge in [0.25, 0.3) is 5.91 Å². The first-order valence-corrected chi connectivity index (χ1v) is 7.08. The summed E-state index contributed by atoms with van der Waals surface area (Å²) >= 11 is 0. The van der Waals surface area contributed by atoms with Crippen LogP contribution in [0.25, 0.3) is 0 Å². The molecule has 1 aliphatic heterocycles. The van der Waals surface area contributed by atoms with E-state index in [9.17, 15) is 4.79 Å². The molecule has 0 bridgehead atoms. The summed E-state index contributed by atoms with van der Waals surface area (Å²) in [6, 6.07) is 3.68. The van der Waals surface area contributed by atoms with Gasteiger partial charge in [-0.1, -0.05) is 6.92 Å². The topological polar surface area (TPSA) is 45.2 Å². The Morgan fingerprint density at radius 1 is 1.53 bits per heavy atom. The smallest absolute Gasteiger partial charge is 0.252 e. The zero-order chi connectivity index (χ0) is 13.7. The number of carbonyl (C=O) groups excluding carboxylic acids is 1. The standard InChI is InChI=1S/C15H23N3O/c1-12-4-3-8-18(11-12)9-7-16-15(19)14-6-5-13(2)17-10-14/h5-6,10,12H,3-4,7-9,11H2,1-2H3,(H,16,19)/t12-/m1/s1. The number of rotatable bonds is 4. The Bertz CT molecular complexity index is 416. The highest BCUT2D eigenvalue weighted by atomic mass is 16.1. The fraction of sp³-hybridized carbons (Fsp3) is 0.600. The maximum Gasteiger partial charge on any atom is 0.252 e. The van der Waals surface area contributed by atoms with Crippen LogP contribution in [0, 0.1) is 12.8 Å². The van der Waals surface area contributed by atoms with Gasteiger partial charge in [-0.3, -0.25) is 9.78 Å². The van der Waals surface area contributed by atoms with Crippen LogP contribution in [0.1, 0.15) is 35.8 Å². The SMILES string of the molecule is Cc1ccc(C(=O)NCCN2CCC[C@@H](C)C2)cn1. The first kappa shape index (κ1) is 14.0. The van der Waals surface area contributed by atoms with E-state index in [0.29, 0.717) is 12.1 Å². The predicted octanol–water partition coefficient (Wildman–Crippen LogP) is 1.85.